The van der Waals surface area contributed by atoms with E-state index in [0.29, 0.717) is 11.4 Å². The van der Waals surface area contributed by atoms with Crippen LogP contribution >= 0.6 is 0 Å². The standard InChI is InChI=1S/C21H24N4O2/c1-4-17(20-23-13-18(24-20)15-8-6-5-7-9-15)25-21(26)16-10-11-19(22-12-16)27-14(2)3/h5-14,17H,4H2,1-3H3,(H,23,24)(H,25,26). The van der Waals surface area contributed by atoms with Crippen molar-refractivity contribution in [1.82, 2.24) is 20.3 Å². The molecule has 1 amide bonds. The number of carbonyl (C=O) groups is 1. The summed E-state index contributed by atoms with van der Waals surface area (Å²) in [6, 6.07) is 13.2. The molecule has 2 heterocycles. The molecule has 2 N–H and O–H groups in total. The normalized spacial score (nSPS) is 12.0. The van der Waals surface area contributed by atoms with Gasteiger partial charge in [-0.3, -0.25) is 4.79 Å². The van der Waals surface area contributed by atoms with E-state index in [1.54, 1.807) is 18.3 Å². The second-order valence-corrected chi connectivity index (χ2v) is 6.53. The molecule has 1 aromatic carbocycles. The summed E-state index contributed by atoms with van der Waals surface area (Å²) < 4.78 is 5.51. The highest BCUT2D eigenvalue weighted by Crippen LogP contribution is 2.21. The third kappa shape index (κ3) is 4.73. The van der Waals surface area contributed by atoms with Crippen LogP contribution in [0, 0.1) is 0 Å². The number of H-pyrrole nitrogens is 1. The number of benzene rings is 1. The number of rotatable bonds is 7. The van der Waals surface area contributed by atoms with Gasteiger partial charge in [0, 0.05) is 12.3 Å². The second kappa shape index (κ2) is 8.49. The van der Waals surface area contributed by atoms with Crippen LogP contribution in [-0.2, 0) is 0 Å². The maximum atomic E-state index is 12.6. The van der Waals surface area contributed by atoms with Crippen molar-refractivity contribution in [3.8, 4) is 17.1 Å². The van der Waals surface area contributed by atoms with Crippen molar-refractivity contribution in [1.29, 1.82) is 0 Å². The number of hydrogen-bond acceptors (Lipinski definition) is 4. The maximum Gasteiger partial charge on any atom is 0.253 e. The minimum Gasteiger partial charge on any atom is -0.475 e. The number of nitrogens with zero attached hydrogens (tertiary/aromatic N) is 2. The van der Waals surface area contributed by atoms with Crippen molar-refractivity contribution < 1.29 is 9.53 Å². The van der Waals surface area contributed by atoms with Crippen LogP contribution in [-0.4, -0.2) is 27.0 Å². The zero-order chi connectivity index (χ0) is 19.2. The van der Waals surface area contributed by atoms with Gasteiger partial charge in [0.1, 0.15) is 5.82 Å². The molecular formula is C21H24N4O2. The molecule has 27 heavy (non-hydrogen) atoms. The Morgan fingerprint density at radius 1 is 1.11 bits per heavy atom. The molecule has 6 heteroatoms. The summed E-state index contributed by atoms with van der Waals surface area (Å²) in [5, 5.41) is 3.01. The molecule has 1 unspecified atom stereocenters. The Labute approximate surface area is 159 Å². The fourth-order valence-corrected chi connectivity index (χ4v) is 2.71. The van der Waals surface area contributed by atoms with Crippen LogP contribution in [0.1, 0.15) is 49.4 Å². The molecule has 3 rings (SSSR count). The summed E-state index contributed by atoms with van der Waals surface area (Å²) in [5.41, 5.74) is 2.47. The summed E-state index contributed by atoms with van der Waals surface area (Å²) in [6.07, 6.45) is 4.07. The minimum atomic E-state index is -0.207. The number of carbonyl (C=O) groups excluding carboxylic acids is 1. The van der Waals surface area contributed by atoms with Gasteiger partial charge in [0.05, 0.1) is 29.6 Å². The van der Waals surface area contributed by atoms with E-state index < -0.39 is 0 Å². The molecule has 3 aromatic rings. The van der Waals surface area contributed by atoms with E-state index >= 15 is 0 Å². The zero-order valence-corrected chi connectivity index (χ0v) is 15.8. The number of imidazole rings is 1. The van der Waals surface area contributed by atoms with Gasteiger partial charge in [-0.1, -0.05) is 37.3 Å². The Balaban J connectivity index is 1.69. The first-order chi connectivity index (χ1) is 13.1. The molecule has 0 aliphatic carbocycles. The monoisotopic (exact) mass is 364 g/mol. The second-order valence-electron chi connectivity index (χ2n) is 6.53. The summed E-state index contributed by atoms with van der Waals surface area (Å²) in [7, 11) is 0. The molecule has 0 saturated heterocycles. The van der Waals surface area contributed by atoms with E-state index in [1.165, 1.54) is 6.20 Å². The first-order valence-electron chi connectivity index (χ1n) is 9.10. The zero-order valence-electron chi connectivity index (χ0n) is 15.8. The van der Waals surface area contributed by atoms with Crippen LogP contribution in [0.3, 0.4) is 0 Å². The number of ether oxygens (including phenoxy) is 1. The van der Waals surface area contributed by atoms with Gasteiger partial charge in [-0.05, 0) is 31.9 Å². The number of aromatic amines is 1. The lowest BCUT2D eigenvalue weighted by Gasteiger charge is -2.15. The Hall–Kier alpha value is -3.15. The van der Waals surface area contributed by atoms with Crippen molar-refractivity contribution in [3.05, 3.63) is 66.2 Å². The summed E-state index contributed by atoms with van der Waals surface area (Å²) in [6.45, 7) is 5.87. The molecule has 0 spiro atoms. The highest BCUT2D eigenvalue weighted by Gasteiger charge is 2.18. The third-order valence-electron chi connectivity index (χ3n) is 4.08. The van der Waals surface area contributed by atoms with Crippen molar-refractivity contribution in [2.24, 2.45) is 0 Å². The number of aromatic nitrogens is 3. The lowest BCUT2D eigenvalue weighted by atomic mass is 10.1. The van der Waals surface area contributed by atoms with Gasteiger partial charge in [-0.25, -0.2) is 9.97 Å². The molecule has 0 aliphatic rings. The van der Waals surface area contributed by atoms with E-state index in [1.807, 2.05) is 51.1 Å². The van der Waals surface area contributed by atoms with E-state index in [0.717, 1.165) is 23.5 Å². The molecule has 0 bridgehead atoms. The average Bonchev–Trinajstić information content (AvgIpc) is 3.17. The van der Waals surface area contributed by atoms with Gasteiger partial charge in [-0.15, -0.1) is 0 Å². The van der Waals surface area contributed by atoms with Crippen molar-refractivity contribution in [2.75, 3.05) is 0 Å². The Kier molecular flexibility index (Phi) is 5.86. The topological polar surface area (TPSA) is 79.9 Å². The highest BCUT2D eigenvalue weighted by atomic mass is 16.5. The molecule has 0 radical (unpaired) electrons. The fourth-order valence-electron chi connectivity index (χ4n) is 2.71. The molecule has 6 nitrogen and oxygen atoms in total. The highest BCUT2D eigenvalue weighted by molar-refractivity contribution is 5.94. The lowest BCUT2D eigenvalue weighted by Crippen LogP contribution is -2.29. The molecule has 0 saturated carbocycles. The molecule has 0 fully saturated rings. The minimum absolute atomic E-state index is 0.0411. The van der Waals surface area contributed by atoms with Crippen molar-refractivity contribution in [3.63, 3.8) is 0 Å². The average molecular weight is 364 g/mol. The SMILES string of the molecule is CCC(NC(=O)c1ccc(OC(C)C)nc1)c1ncc(-c2ccccc2)[nH]1. The first kappa shape index (κ1) is 18.6. The van der Waals surface area contributed by atoms with Gasteiger partial charge < -0.3 is 15.0 Å². The maximum absolute atomic E-state index is 12.6. The third-order valence-corrected chi connectivity index (χ3v) is 4.08. The van der Waals surface area contributed by atoms with Crippen LogP contribution in [0.15, 0.2) is 54.9 Å². The van der Waals surface area contributed by atoms with E-state index in [9.17, 15) is 4.79 Å². The summed E-state index contributed by atoms with van der Waals surface area (Å²) in [5.74, 6) is 1.05. The number of pyridine rings is 1. The Morgan fingerprint density at radius 2 is 1.89 bits per heavy atom. The van der Waals surface area contributed by atoms with Crippen LogP contribution in [0.5, 0.6) is 5.88 Å². The predicted octanol–water partition coefficient (Wildman–Crippen LogP) is 4.14. The van der Waals surface area contributed by atoms with Crippen molar-refractivity contribution in [2.45, 2.75) is 39.3 Å². The molecule has 140 valence electrons. The van der Waals surface area contributed by atoms with Gasteiger partial charge >= 0.3 is 0 Å². The first-order valence-corrected chi connectivity index (χ1v) is 9.10. The van der Waals surface area contributed by atoms with E-state index in [-0.39, 0.29) is 18.1 Å². The number of hydrogen-bond donors (Lipinski definition) is 2. The van der Waals surface area contributed by atoms with E-state index in [4.69, 9.17) is 4.74 Å². The van der Waals surface area contributed by atoms with Crippen LogP contribution in [0.4, 0.5) is 0 Å². The van der Waals surface area contributed by atoms with Crippen LogP contribution in [0.25, 0.3) is 11.3 Å². The Bertz CT molecular complexity index is 873. The van der Waals surface area contributed by atoms with Gasteiger partial charge in [0.2, 0.25) is 5.88 Å². The summed E-state index contributed by atoms with van der Waals surface area (Å²) >= 11 is 0. The lowest BCUT2D eigenvalue weighted by molar-refractivity contribution is 0.0933. The quantitative estimate of drug-likeness (QED) is 0.660. The molecule has 1 atom stereocenters. The fraction of sp³-hybridized carbons (Fsp3) is 0.286. The van der Waals surface area contributed by atoms with Gasteiger partial charge in [0.15, 0.2) is 0 Å². The van der Waals surface area contributed by atoms with Crippen molar-refractivity contribution >= 4 is 5.91 Å². The largest absolute Gasteiger partial charge is 0.475 e. The van der Waals surface area contributed by atoms with Crippen LogP contribution in [0.2, 0.25) is 0 Å². The van der Waals surface area contributed by atoms with Gasteiger partial charge in [-0.2, -0.15) is 0 Å². The smallest absolute Gasteiger partial charge is 0.253 e. The summed E-state index contributed by atoms with van der Waals surface area (Å²) in [4.78, 5) is 24.5. The van der Waals surface area contributed by atoms with Crippen LogP contribution < -0.4 is 10.1 Å². The predicted molar refractivity (Wildman–Crippen MR) is 105 cm³/mol. The molecular weight excluding hydrogens is 340 g/mol. The number of amides is 1. The number of nitrogens with one attached hydrogen (secondary N) is 2. The van der Waals surface area contributed by atoms with E-state index in [2.05, 4.69) is 20.3 Å². The Morgan fingerprint density at radius 3 is 2.52 bits per heavy atom. The van der Waals surface area contributed by atoms with Gasteiger partial charge in [0.25, 0.3) is 5.91 Å². The molecule has 2 aromatic heterocycles. The molecule has 0 aliphatic heterocycles.